The van der Waals surface area contributed by atoms with Crippen molar-refractivity contribution in [2.24, 2.45) is 0 Å². The van der Waals surface area contributed by atoms with Crippen molar-refractivity contribution < 1.29 is 0 Å². The summed E-state index contributed by atoms with van der Waals surface area (Å²) in [5, 5.41) is 11.2. The lowest BCUT2D eigenvalue weighted by atomic mass is 9.96. The summed E-state index contributed by atoms with van der Waals surface area (Å²) < 4.78 is 0. The van der Waals surface area contributed by atoms with Gasteiger partial charge in [-0.3, -0.25) is 0 Å². The molecule has 2 fully saturated rings. The minimum absolute atomic E-state index is 0.574. The van der Waals surface area contributed by atoms with Gasteiger partial charge in [0, 0.05) is 12.1 Å². The fourth-order valence-electron chi connectivity index (χ4n) is 2.63. The summed E-state index contributed by atoms with van der Waals surface area (Å²) in [5.41, 5.74) is 0. The number of hydrogen-bond acceptors (Lipinski definition) is 2. The van der Waals surface area contributed by atoms with Crippen molar-refractivity contribution in [1.82, 2.24) is 16.0 Å². The Morgan fingerprint density at radius 1 is 0.875 bits per heavy atom. The van der Waals surface area contributed by atoms with Crippen LogP contribution in [0, 0.1) is 0 Å². The van der Waals surface area contributed by atoms with Gasteiger partial charge in [-0.25, -0.2) is 0 Å². The number of nitrogens with one attached hydrogen (secondary N) is 3. The summed E-state index contributed by atoms with van der Waals surface area (Å²) in [6.45, 7) is 2.23. The Labute approximate surface area is 104 Å². The van der Waals surface area contributed by atoms with Crippen LogP contribution < -0.4 is 16.0 Å². The Balaban J connectivity index is 1.66. The Kier molecular flexibility index (Phi) is 4.85. The predicted octanol–water partition coefficient (Wildman–Crippen LogP) is 1.54. The molecule has 1 saturated heterocycles. The van der Waals surface area contributed by atoms with Crippen molar-refractivity contribution in [3.63, 3.8) is 0 Å². The van der Waals surface area contributed by atoms with E-state index in [9.17, 15) is 0 Å². The second kappa shape index (κ2) is 6.40. The Bertz CT molecular complexity index is 198. The van der Waals surface area contributed by atoms with E-state index in [1.165, 1.54) is 44.9 Å². The van der Waals surface area contributed by atoms with Gasteiger partial charge >= 0.3 is 0 Å². The van der Waals surface area contributed by atoms with Gasteiger partial charge in [0.1, 0.15) is 0 Å². The number of rotatable bonds is 2. The lowest BCUT2D eigenvalue weighted by Gasteiger charge is -2.28. The lowest BCUT2D eigenvalue weighted by molar-refractivity contribution is 0.398. The standard InChI is InChI=1S/C12H23N3S/c16-12(14-10-4-2-1-3-5-10)15-11-6-8-13-9-7-11/h10-11,13H,1-9H2,(H2,14,15,16). The normalized spacial score (nSPS) is 24.0. The van der Waals surface area contributed by atoms with Crippen LogP contribution in [0.15, 0.2) is 0 Å². The van der Waals surface area contributed by atoms with Gasteiger partial charge in [0.05, 0.1) is 0 Å². The van der Waals surface area contributed by atoms with Crippen LogP contribution in [0.5, 0.6) is 0 Å². The molecule has 1 aliphatic heterocycles. The molecule has 2 aliphatic rings. The van der Waals surface area contributed by atoms with Crippen LogP contribution >= 0.6 is 12.2 Å². The summed E-state index contributed by atoms with van der Waals surface area (Å²) in [6, 6.07) is 1.19. The molecule has 0 atom stereocenters. The average molecular weight is 241 g/mol. The SMILES string of the molecule is S=C(NC1CCCCC1)NC1CCNCC1. The van der Waals surface area contributed by atoms with E-state index in [2.05, 4.69) is 16.0 Å². The van der Waals surface area contributed by atoms with Gasteiger partial charge in [-0.15, -0.1) is 0 Å². The third kappa shape index (κ3) is 3.91. The molecule has 3 N–H and O–H groups in total. The fraction of sp³-hybridized carbons (Fsp3) is 0.917. The van der Waals surface area contributed by atoms with E-state index >= 15 is 0 Å². The maximum atomic E-state index is 5.37. The summed E-state index contributed by atoms with van der Waals surface area (Å²) in [6.07, 6.45) is 9.05. The molecule has 0 aromatic rings. The van der Waals surface area contributed by atoms with Crippen molar-refractivity contribution in [2.45, 2.75) is 57.0 Å². The summed E-state index contributed by atoms with van der Waals surface area (Å²) in [5.74, 6) is 0. The van der Waals surface area contributed by atoms with Crippen LogP contribution in [0.4, 0.5) is 0 Å². The van der Waals surface area contributed by atoms with E-state index in [0.29, 0.717) is 12.1 Å². The van der Waals surface area contributed by atoms with Crippen LogP contribution in [0.3, 0.4) is 0 Å². The van der Waals surface area contributed by atoms with Gasteiger partial charge in [0.25, 0.3) is 0 Å². The van der Waals surface area contributed by atoms with Crippen LogP contribution in [0.1, 0.15) is 44.9 Å². The van der Waals surface area contributed by atoms with E-state index in [-0.39, 0.29) is 0 Å². The lowest BCUT2D eigenvalue weighted by Crippen LogP contribution is -2.49. The van der Waals surface area contributed by atoms with Crippen molar-refractivity contribution in [1.29, 1.82) is 0 Å². The van der Waals surface area contributed by atoms with E-state index in [0.717, 1.165) is 18.2 Å². The molecule has 0 spiro atoms. The van der Waals surface area contributed by atoms with Crippen LogP contribution in [-0.4, -0.2) is 30.3 Å². The average Bonchev–Trinajstić information content (AvgIpc) is 2.31. The maximum absolute atomic E-state index is 5.37. The van der Waals surface area contributed by atoms with Crippen LogP contribution in [0.25, 0.3) is 0 Å². The third-order valence-corrected chi connectivity index (χ3v) is 3.85. The monoisotopic (exact) mass is 241 g/mol. The van der Waals surface area contributed by atoms with Gasteiger partial charge in [-0.2, -0.15) is 0 Å². The minimum Gasteiger partial charge on any atom is -0.360 e. The summed E-state index contributed by atoms with van der Waals surface area (Å²) in [7, 11) is 0. The highest BCUT2D eigenvalue weighted by molar-refractivity contribution is 7.80. The molecule has 0 amide bonds. The van der Waals surface area contributed by atoms with E-state index in [4.69, 9.17) is 12.2 Å². The van der Waals surface area contributed by atoms with E-state index in [1.807, 2.05) is 0 Å². The second-order valence-corrected chi connectivity index (χ2v) is 5.39. The Morgan fingerprint density at radius 2 is 1.44 bits per heavy atom. The minimum atomic E-state index is 0.574. The predicted molar refractivity (Wildman–Crippen MR) is 71.6 cm³/mol. The first-order chi connectivity index (χ1) is 7.84. The topological polar surface area (TPSA) is 36.1 Å². The maximum Gasteiger partial charge on any atom is 0.166 e. The highest BCUT2D eigenvalue weighted by Gasteiger charge is 2.17. The molecule has 1 saturated carbocycles. The molecular formula is C12H23N3S. The van der Waals surface area contributed by atoms with E-state index < -0.39 is 0 Å². The molecule has 92 valence electrons. The molecule has 0 aromatic heterocycles. The van der Waals surface area contributed by atoms with E-state index in [1.54, 1.807) is 0 Å². The Hall–Kier alpha value is -0.350. The largest absolute Gasteiger partial charge is 0.360 e. The molecule has 16 heavy (non-hydrogen) atoms. The van der Waals surface area contributed by atoms with Crippen LogP contribution in [0.2, 0.25) is 0 Å². The molecule has 1 aliphatic carbocycles. The summed E-state index contributed by atoms with van der Waals surface area (Å²) in [4.78, 5) is 0. The molecule has 2 rings (SSSR count). The molecule has 0 unspecified atom stereocenters. The molecule has 0 aromatic carbocycles. The third-order valence-electron chi connectivity index (χ3n) is 3.61. The fourth-order valence-corrected chi connectivity index (χ4v) is 2.96. The highest BCUT2D eigenvalue weighted by atomic mass is 32.1. The zero-order chi connectivity index (χ0) is 11.2. The highest BCUT2D eigenvalue weighted by Crippen LogP contribution is 2.17. The number of thiocarbonyl (C=S) groups is 1. The molecule has 4 heteroatoms. The van der Waals surface area contributed by atoms with Gasteiger partial charge < -0.3 is 16.0 Å². The van der Waals surface area contributed by atoms with Crippen molar-refractivity contribution in [3.05, 3.63) is 0 Å². The quantitative estimate of drug-likeness (QED) is 0.641. The molecular weight excluding hydrogens is 218 g/mol. The zero-order valence-corrected chi connectivity index (χ0v) is 10.7. The van der Waals surface area contributed by atoms with Crippen LogP contribution in [-0.2, 0) is 0 Å². The molecule has 0 bridgehead atoms. The Morgan fingerprint density at radius 3 is 2.06 bits per heavy atom. The number of piperidine rings is 1. The van der Waals surface area contributed by atoms with Gasteiger partial charge in [0.15, 0.2) is 5.11 Å². The molecule has 0 radical (unpaired) electrons. The van der Waals surface area contributed by atoms with Gasteiger partial charge in [-0.05, 0) is 51.0 Å². The second-order valence-electron chi connectivity index (χ2n) is 4.98. The zero-order valence-electron chi connectivity index (χ0n) is 9.93. The van der Waals surface area contributed by atoms with Crippen molar-refractivity contribution in [2.75, 3.05) is 13.1 Å². The molecule has 3 nitrogen and oxygen atoms in total. The smallest absolute Gasteiger partial charge is 0.166 e. The van der Waals surface area contributed by atoms with Crippen molar-refractivity contribution in [3.8, 4) is 0 Å². The molecule has 1 heterocycles. The van der Waals surface area contributed by atoms with Gasteiger partial charge in [0.2, 0.25) is 0 Å². The van der Waals surface area contributed by atoms with Gasteiger partial charge in [-0.1, -0.05) is 19.3 Å². The number of hydrogen-bond donors (Lipinski definition) is 3. The summed E-state index contributed by atoms with van der Waals surface area (Å²) >= 11 is 5.37. The first kappa shape index (κ1) is 12.1. The first-order valence-corrected chi connectivity index (χ1v) is 7.03. The van der Waals surface area contributed by atoms with Crippen molar-refractivity contribution >= 4 is 17.3 Å². The first-order valence-electron chi connectivity index (χ1n) is 6.62.